The number of carbonyl (C=O) groups excluding carboxylic acids is 2. The van der Waals surface area contributed by atoms with Crippen molar-refractivity contribution in [2.75, 3.05) is 7.11 Å². The van der Waals surface area contributed by atoms with E-state index in [0.717, 1.165) is 56.8 Å². The molecule has 0 heterocycles. The summed E-state index contributed by atoms with van der Waals surface area (Å²) < 4.78 is 4.65. The Morgan fingerprint density at radius 2 is 1.90 bits per heavy atom. The van der Waals surface area contributed by atoms with E-state index in [4.69, 9.17) is 0 Å². The molecule has 0 saturated heterocycles. The molecule has 3 rings (SSSR count). The summed E-state index contributed by atoms with van der Waals surface area (Å²) in [7, 11) is 1.41. The number of ether oxygens (including phenoxy) is 1. The first-order valence-electron chi connectivity index (χ1n) is 12.1. The minimum absolute atomic E-state index is 0.143. The van der Waals surface area contributed by atoms with Crippen LogP contribution in [-0.4, -0.2) is 41.3 Å². The number of hydrogen-bond acceptors (Lipinski definition) is 5. The van der Waals surface area contributed by atoms with Gasteiger partial charge in [-0.25, -0.2) is 0 Å². The predicted octanol–water partition coefficient (Wildman–Crippen LogP) is 4.20. The Labute approximate surface area is 181 Å². The Morgan fingerprint density at radius 3 is 2.60 bits per heavy atom. The van der Waals surface area contributed by atoms with Gasteiger partial charge in [0.15, 0.2) is 0 Å². The number of hydrogen-bond donors (Lipinski definition) is 2. The molecule has 6 atom stereocenters. The number of esters is 1. The second-order valence-corrected chi connectivity index (χ2v) is 9.85. The first-order chi connectivity index (χ1) is 14.5. The van der Waals surface area contributed by atoms with Gasteiger partial charge in [-0.15, -0.1) is 0 Å². The van der Waals surface area contributed by atoms with Crippen LogP contribution >= 0.6 is 0 Å². The van der Waals surface area contributed by atoms with E-state index in [1.807, 2.05) is 12.2 Å². The van der Waals surface area contributed by atoms with E-state index in [9.17, 15) is 19.8 Å². The Kier molecular flexibility index (Phi) is 8.94. The highest BCUT2D eigenvalue weighted by atomic mass is 16.5. The minimum atomic E-state index is -0.628. The van der Waals surface area contributed by atoms with Gasteiger partial charge < -0.3 is 14.9 Å². The van der Waals surface area contributed by atoms with Crippen molar-refractivity contribution in [3.05, 3.63) is 12.2 Å². The van der Waals surface area contributed by atoms with Crippen LogP contribution in [0.4, 0.5) is 0 Å². The lowest BCUT2D eigenvalue weighted by Crippen LogP contribution is -2.22. The summed E-state index contributed by atoms with van der Waals surface area (Å²) in [5.41, 5.74) is 0. The number of aliphatic hydroxyl groups excluding tert-OH is 2. The van der Waals surface area contributed by atoms with Gasteiger partial charge in [-0.1, -0.05) is 50.7 Å². The number of unbranched alkanes of at least 4 members (excludes halogenated alkanes) is 3. The number of ketones is 1. The number of carbonyl (C=O) groups is 2. The summed E-state index contributed by atoms with van der Waals surface area (Å²) in [5.74, 6) is 1.66. The van der Waals surface area contributed by atoms with Crippen LogP contribution in [0.5, 0.6) is 0 Å². The molecule has 3 aliphatic carbocycles. The molecule has 0 radical (unpaired) electrons. The summed E-state index contributed by atoms with van der Waals surface area (Å²) in [6.45, 7) is 0. The van der Waals surface area contributed by atoms with Gasteiger partial charge in [0.05, 0.1) is 19.3 Å². The third-order valence-corrected chi connectivity index (χ3v) is 7.95. The molecule has 2 unspecified atom stereocenters. The SMILES string of the molecule is COC(=O)CCCCCC[C@H]1C(=O)C[C@@H](O)[C@@H]1/C=C/[C@@H](O)C1CCC(C2CCC2)C1. The van der Waals surface area contributed by atoms with Crippen molar-refractivity contribution in [2.24, 2.45) is 29.6 Å². The van der Waals surface area contributed by atoms with Crippen molar-refractivity contribution in [3.8, 4) is 0 Å². The lowest BCUT2D eigenvalue weighted by molar-refractivity contribution is -0.140. The number of methoxy groups -OCH3 is 1. The van der Waals surface area contributed by atoms with Gasteiger partial charge in [0.1, 0.15) is 5.78 Å². The zero-order valence-corrected chi connectivity index (χ0v) is 18.5. The van der Waals surface area contributed by atoms with E-state index in [1.165, 1.54) is 32.8 Å². The third-order valence-electron chi connectivity index (χ3n) is 7.95. The van der Waals surface area contributed by atoms with Gasteiger partial charge in [0, 0.05) is 24.7 Å². The smallest absolute Gasteiger partial charge is 0.305 e. The maximum atomic E-state index is 12.4. The molecule has 5 heteroatoms. The molecule has 0 amide bonds. The Morgan fingerprint density at radius 1 is 1.13 bits per heavy atom. The monoisotopic (exact) mass is 420 g/mol. The zero-order chi connectivity index (χ0) is 21.5. The largest absolute Gasteiger partial charge is 0.469 e. The van der Waals surface area contributed by atoms with Gasteiger partial charge in [0.25, 0.3) is 0 Å². The lowest BCUT2D eigenvalue weighted by atomic mass is 9.75. The molecule has 0 aromatic rings. The van der Waals surface area contributed by atoms with Crippen LogP contribution in [0.3, 0.4) is 0 Å². The predicted molar refractivity (Wildman–Crippen MR) is 116 cm³/mol. The van der Waals surface area contributed by atoms with Crippen LogP contribution in [0.25, 0.3) is 0 Å². The van der Waals surface area contributed by atoms with Crippen molar-refractivity contribution >= 4 is 11.8 Å². The minimum Gasteiger partial charge on any atom is -0.469 e. The van der Waals surface area contributed by atoms with E-state index >= 15 is 0 Å². The summed E-state index contributed by atoms with van der Waals surface area (Å²) in [6.07, 6.45) is 15.4. The molecule has 0 bridgehead atoms. The number of rotatable bonds is 11. The summed E-state index contributed by atoms with van der Waals surface area (Å²) >= 11 is 0. The zero-order valence-electron chi connectivity index (χ0n) is 18.5. The second kappa shape index (κ2) is 11.4. The number of Topliss-reactive ketones (excluding diaryl/α,β-unsaturated/α-hetero) is 1. The van der Waals surface area contributed by atoms with Crippen molar-refractivity contribution in [3.63, 3.8) is 0 Å². The van der Waals surface area contributed by atoms with E-state index < -0.39 is 12.2 Å². The van der Waals surface area contributed by atoms with Crippen LogP contribution < -0.4 is 0 Å². The molecule has 2 N–H and O–H groups in total. The average molecular weight is 421 g/mol. The first kappa shape index (κ1) is 23.5. The fourth-order valence-electron chi connectivity index (χ4n) is 5.78. The van der Waals surface area contributed by atoms with Crippen LogP contribution in [0, 0.1) is 29.6 Å². The molecule has 170 valence electrons. The summed E-state index contributed by atoms with van der Waals surface area (Å²) in [6, 6.07) is 0. The van der Waals surface area contributed by atoms with Gasteiger partial charge in [0.2, 0.25) is 0 Å². The number of aliphatic hydroxyl groups is 2. The van der Waals surface area contributed by atoms with E-state index in [1.54, 1.807) is 0 Å². The molecule has 0 aromatic heterocycles. The highest BCUT2D eigenvalue weighted by Gasteiger charge is 2.40. The average Bonchev–Trinajstić information content (AvgIpc) is 3.26. The van der Waals surface area contributed by atoms with Crippen LogP contribution in [0.1, 0.15) is 83.5 Å². The lowest BCUT2D eigenvalue weighted by Gasteiger charge is -2.31. The summed E-state index contributed by atoms with van der Waals surface area (Å²) in [4.78, 5) is 23.5. The molecule has 5 nitrogen and oxygen atoms in total. The fourth-order valence-corrected chi connectivity index (χ4v) is 5.78. The van der Waals surface area contributed by atoms with Gasteiger partial charge in [-0.05, 0) is 49.9 Å². The molecule has 3 fully saturated rings. The highest BCUT2D eigenvalue weighted by molar-refractivity contribution is 5.84. The molecule has 3 saturated carbocycles. The third kappa shape index (κ3) is 6.16. The van der Waals surface area contributed by atoms with Crippen LogP contribution in [0.2, 0.25) is 0 Å². The fraction of sp³-hybridized carbons (Fsp3) is 0.840. The molecule has 0 aromatic carbocycles. The molecule has 0 aliphatic heterocycles. The summed E-state index contributed by atoms with van der Waals surface area (Å²) in [5, 5.41) is 21.1. The molecule has 3 aliphatic rings. The van der Waals surface area contributed by atoms with Crippen LogP contribution in [0.15, 0.2) is 12.2 Å². The topological polar surface area (TPSA) is 83.8 Å². The maximum Gasteiger partial charge on any atom is 0.305 e. The van der Waals surface area contributed by atoms with E-state index in [-0.39, 0.29) is 30.0 Å². The quantitative estimate of drug-likeness (QED) is 0.297. The normalized spacial score (nSPS) is 33.2. The maximum absolute atomic E-state index is 12.4. The van der Waals surface area contributed by atoms with E-state index in [2.05, 4.69) is 4.74 Å². The Hall–Kier alpha value is -1.20. The second-order valence-electron chi connectivity index (χ2n) is 9.85. The molecule has 0 spiro atoms. The first-order valence-corrected chi connectivity index (χ1v) is 12.1. The Bertz CT molecular complexity index is 596. The van der Waals surface area contributed by atoms with Crippen molar-refractivity contribution in [2.45, 2.75) is 95.7 Å². The van der Waals surface area contributed by atoms with Gasteiger partial charge in [-0.2, -0.15) is 0 Å². The van der Waals surface area contributed by atoms with Crippen LogP contribution in [-0.2, 0) is 14.3 Å². The Balaban J connectivity index is 1.42. The van der Waals surface area contributed by atoms with Crippen molar-refractivity contribution in [1.82, 2.24) is 0 Å². The van der Waals surface area contributed by atoms with E-state index in [0.29, 0.717) is 12.3 Å². The molecule has 30 heavy (non-hydrogen) atoms. The molecular formula is C25H40O5. The van der Waals surface area contributed by atoms with Gasteiger partial charge >= 0.3 is 5.97 Å². The van der Waals surface area contributed by atoms with Crippen molar-refractivity contribution < 1.29 is 24.5 Å². The highest BCUT2D eigenvalue weighted by Crippen LogP contribution is 2.45. The standard InChI is InChI=1S/C25H40O5/c1-30-25(29)10-5-3-2-4-9-20-21(24(28)16-23(20)27)13-14-22(26)19-12-11-18(15-19)17-7-6-8-17/h13-14,17-22,24,26,28H,2-12,15-16H2,1H3/b14-13+/t18?,19?,20-,21-,22-,24-/m1/s1. The van der Waals surface area contributed by atoms with Gasteiger partial charge in [-0.3, -0.25) is 9.59 Å². The van der Waals surface area contributed by atoms with Crippen molar-refractivity contribution in [1.29, 1.82) is 0 Å². The molecular weight excluding hydrogens is 380 g/mol.